The summed E-state index contributed by atoms with van der Waals surface area (Å²) >= 11 is 0. The van der Waals surface area contributed by atoms with Crippen molar-refractivity contribution >= 4 is 11.8 Å². The van der Waals surface area contributed by atoms with Crippen LogP contribution in [0.3, 0.4) is 0 Å². The van der Waals surface area contributed by atoms with Gasteiger partial charge in [-0.25, -0.2) is 0 Å². The number of likely N-dealkylation sites (tertiary alicyclic amines) is 1. The van der Waals surface area contributed by atoms with Gasteiger partial charge in [0.2, 0.25) is 11.8 Å². The van der Waals surface area contributed by atoms with Crippen molar-refractivity contribution in [2.24, 2.45) is 17.1 Å². The van der Waals surface area contributed by atoms with Gasteiger partial charge >= 0.3 is 0 Å². The van der Waals surface area contributed by atoms with E-state index in [0.717, 1.165) is 28.9 Å². The number of piperidine rings is 1. The number of ether oxygens (including phenoxy) is 1. The van der Waals surface area contributed by atoms with Crippen LogP contribution < -0.4 is 10.5 Å². The highest BCUT2D eigenvalue weighted by molar-refractivity contribution is 5.83. The standard InChI is InChI=1S/C25H32N2O3/c1-18(2)15-23(28)27-14-4-13-25(17-27,24(26)29)16-19-5-7-20(8-6-19)21-9-11-22(30-3)12-10-21/h5-12,18H,4,13-17H2,1-3H3,(H2,26,29). The Kier molecular flexibility index (Phi) is 6.80. The Balaban J connectivity index is 1.76. The summed E-state index contributed by atoms with van der Waals surface area (Å²) in [6, 6.07) is 16.2. The molecule has 1 heterocycles. The van der Waals surface area contributed by atoms with Gasteiger partial charge in [-0.3, -0.25) is 9.59 Å². The lowest BCUT2D eigenvalue weighted by Gasteiger charge is -2.41. The van der Waals surface area contributed by atoms with Crippen molar-refractivity contribution in [3.05, 3.63) is 54.1 Å². The van der Waals surface area contributed by atoms with E-state index in [-0.39, 0.29) is 11.8 Å². The quantitative estimate of drug-likeness (QED) is 0.751. The summed E-state index contributed by atoms with van der Waals surface area (Å²) in [7, 11) is 1.65. The molecule has 0 saturated carbocycles. The van der Waals surface area contributed by atoms with Crippen LogP contribution in [0.15, 0.2) is 48.5 Å². The molecule has 0 radical (unpaired) electrons. The summed E-state index contributed by atoms with van der Waals surface area (Å²) in [4.78, 5) is 26.9. The van der Waals surface area contributed by atoms with Gasteiger partial charge in [-0.15, -0.1) is 0 Å². The molecule has 0 spiro atoms. The van der Waals surface area contributed by atoms with Crippen LogP contribution in [0.4, 0.5) is 0 Å². The van der Waals surface area contributed by atoms with Gasteiger partial charge in [0.25, 0.3) is 0 Å². The minimum atomic E-state index is -0.702. The maximum absolute atomic E-state index is 12.6. The molecule has 30 heavy (non-hydrogen) atoms. The van der Waals surface area contributed by atoms with Crippen molar-refractivity contribution in [2.75, 3.05) is 20.2 Å². The molecule has 0 bridgehead atoms. The van der Waals surface area contributed by atoms with Crippen molar-refractivity contribution < 1.29 is 14.3 Å². The third kappa shape index (κ3) is 5.02. The lowest BCUT2D eigenvalue weighted by molar-refractivity contribution is -0.140. The second kappa shape index (κ2) is 9.33. The van der Waals surface area contributed by atoms with Crippen LogP contribution in [0, 0.1) is 11.3 Å². The maximum Gasteiger partial charge on any atom is 0.225 e. The number of hydrogen-bond donors (Lipinski definition) is 1. The Morgan fingerprint density at radius 1 is 1.07 bits per heavy atom. The molecule has 2 N–H and O–H groups in total. The zero-order chi connectivity index (χ0) is 21.7. The molecule has 1 aliphatic heterocycles. The van der Waals surface area contributed by atoms with Gasteiger partial charge in [-0.05, 0) is 54.0 Å². The third-order valence-corrected chi connectivity index (χ3v) is 5.95. The smallest absolute Gasteiger partial charge is 0.225 e. The van der Waals surface area contributed by atoms with Crippen molar-refractivity contribution in [2.45, 2.75) is 39.5 Å². The number of methoxy groups -OCH3 is 1. The fraction of sp³-hybridized carbons (Fsp3) is 0.440. The van der Waals surface area contributed by atoms with Crippen LogP contribution >= 0.6 is 0 Å². The Morgan fingerprint density at radius 2 is 1.67 bits per heavy atom. The highest BCUT2D eigenvalue weighted by Gasteiger charge is 2.42. The topological polar surface area (TPSA) is 72.6 Å². The van der Waals surface area contributed by atoms with E-state index in [2.05, 4.69) is 24.3 Å². The van der Waals surface area contributed by atoms with Crippen LogP contribution in [-0.4, -0.2) is 36.9 Å². The average Bonchev–Trinajstić information content (AvgIpc) is 2.74. The van der Waals surface area contributed by atoms with Crippen LogP contribution in [0.25, 0.3) is 11.1 Å². The summed E-state index contributed by atoms with van der Waals surface area (Å²) in [5.41, 5.74) is 8.44. The van der Waals surface area contributed by atoms with Crippen LogP contribution in [0.2, 0.25) is 0 Å². The summed E-state index contributed by atoms with van der Waals surface area (Å²) in [6.07, 6.45) is 2.58. The molecule has 1 unspecified atom stereocenters. The zero-order valence-electron chi connectivity index (χ0n) is 18.2. The fourth-order valence-electron chi connectivity index (χ4n) is 4.24. The molecule has 2 amide bonds. The van der Waals surface area contributed by atoms with Crippen LogP contribution in [0.5, 0.6) is 5.75 Å². The molecular weight excluding hydrogens is 376 g/mol. The number of carbonyl (C=O) groups excluding carboxylic acids is 2. The summed E-state index contributed by atoms with van der Waals surface area (Å²) in [5.74, 6) is 0.925. The molecule has 2 aromatic carbocycles. The molecule has 2 aromatic rings. The molecule has 1 atom stereocenters. The van der Waals surface area contributed by atoms with Gasteiger partial charge in [-0.1, -0.05) is 50.2 Å². The van der Waals surface area contributed by atoms with E-state index in [1.54, 1.807) is 7.11 Å². The second-order valence-corrected chi connectivity index (χ2v) is 8.76. The average molecular weight is 409 g/mol. The zero-order valence-corrected chi connectivity index (χ0v) is 18.2. The highest BCUT2D eigenvalue weighted by Crippen LogP contribution is 2.35. The maximum atomic E-state index is 12.6. The van der Waals surface area contributed by atoms with E-state index >= 15 is 0 Å². The first kappa shape index (κ1) is 21.9. The van der Waals surface area contributed by atoms with E-state index in [4.69, 9.17) is 10.5 Å². The predicted octanol–water partition coefficient (Wildman–Crippen LogP) is 4.04. The Bertz CT molecular complexity index is 874. The minimum absolute atomic E-state index is 0.116. The Labute approximate surface area is 179 Å². The minimum Gasteiger partial charge on any atom is -0.497 e. The van der Waals surface area contributed by atoms with Crippen LogP contribution in [0.1, 0.15) is 38.7 Å². The van der Waals surface area contributed by atoms with Crippen molar-refractivity contribution in [1.82, 2.24) is 4.90 Å². The van der Waals surface area contributed by atoms with E-state index in [1.165, 1.54) is 0 Å². The number of benzene rings is 2. The molecule has 3 rings (SSSR count). The van der Waals surface area contributed by atoms with Gasteiger partial charge in [0.05, 0.1) is 12.5 Å². The molecule has 1 aliphatic rings. The first-order chi connectivity index (χ1) is 14.3. The largest absolute Gasteiger partial charge is 0.497 e. The van der Waals surface area contributed by atoms with Crippen LogP contribution in [-0.2, 0) is 16.0 Å². The lowest BCUT2D eigenvalue weighted by atomic mass is 9.74. The SMILES string of the molecule is COc1ccc(-c2ccc(CC3(C(N)=O)CCCN(C(=O)CC(C)C)C3)cc2)cc1. The summed E-state index contributed by atoms with van der Waals surface area (Å²) < 4.78 is 5.22. The number of carbonyl (C=O) groups is 2. The number of rotatable bonds is 7. The van der Waals surface area contributed by atoms with Gasteiger partial charge in [0.1, 0.15) is 5.75 Å². The normalized spacial score (nSPS) is 19.0. The molecule has 160 valence electrons. The van der Waals surface area contributed by atoms with Gasteiger partial charge in [-0.2, -0.15) is 0 Å². The Morgan fingerprint density at radius 3 is 2.20 bits per heavy atom. The van der Waals surface area contributed by atoms with Crippen molar-refractivity contribution in [1.29, 1.82) is 0 Å². The molecular formula is C25H32N2O3. The van der Waals surface area contributed by atoms with E-state index in [0.29, 0.717) is 38.3 Å². The summed E-state index contributed by atoms with van der Waals surface area (Å²) in [5, 5.41) is 0. The number of nitrogens with two attached hydrogens (primary N) is 1. The fourth-order valence-corrected chi connectivity index (χ4v) is 4.24. The van der Waals surface area contributed by atoms with Gasteiger partial charge in [0.15, 0.2) is 0 Å². The monoisotopic (exact) mass is 408 g/mol. The molecule has 1 fully saturated rings. The molecule has 0 aromatic heterocycles. The van der Waals surface area contributed by atoms with Gasteiger partial charge < -0.3 is 15.4 Å². The Hall–Kier alpha value is -2.82. The third-order valence-electron chi connectivity index (χ3n) is 5.95. The summed E-state index contributed by atoms with van der Waals surface area (Å²) in [6.45, 7) is 5.19. The molecule has 0 aliphatic carbocycles. The van der Waals surface area contributed by atoms with E-state index in [9.17, 15) is 9.59 Å². The number of primary amides is 1. The first-order valence-corrected chi connectivity index (χ1v) is 10.6. The number of hydrogen-bond acceptors (Lipinski definition) is 3. The second-order valence-electron chi connectivity index (χ2n) is 8.76. The molecule has 1 saturated heterocycles. The molecule has 5 heteroatoms. The van der Waals surface area contributed by atoms with E-state index < -0.39 is 5.41 Å². The first-order valence-electron chi connectivity index (χ1n) is 10.6. The van der Waals surface area contributed by atoms with Gasteiger partial charge in [0, 0.05) is 19.5 Å². The van der Waals surface area contributed by atoms with E-state index in [1.807, 2.05) is 43.0 Å². The molecule has 5 nitrogen and oxygen atoms in total. The van der Waals surface area contributed by atoms with Crippen molar-refractivity contribution in [3.8, 4) is 16.9 Å². The highest BCUT2D eigenvalue weighted by atomic mass is 16.5. The predicted molar refractivity (Wildman–Crippen MR) is 119 cm³/mol. The number of amides is 2. The van der Waals surface area contributed by atoms with Crippen molar-refractivity contribution in [3.63, 3.8) is 0 Å². The lowest BCUT2D eigenvalue weighted by Crippen LogP contribution is -2.53. The number of nitrogens with zero attached hydrogens (tertiary/aromatic N) is 1.